The zero-order valence-corrected chi connectivity index (χ0v) is 15.4. The molecule has 2 heterocycles. The molecule has 0 saturated carbocycles. The lowest BCUT2D eigenvalue weighted by Crippen LogP contribution is -2.26. The number of hydrogen-bond donors (Lipinski definition) is 1. The van der Waals surface area contributed by atoms with Gasteiger partial charge in [0.1, 0.15) is 12.4 Å². The number of ether oxygens (including phenoxy) is 2. The average Bonchev–Trinajstić information content (AvgIpc) is 2.69. The molecular weight excluding hydrogens is 342 g/mol. The van der Waals surface area contributed by atoms with E-state index >= 15 is 0 Å². The molecule has 0 fully saturated rings. The molecule has 5 nitrogen and oxygen atoms in total. The van der Waals surface area contributed by atoms with Crippen molar-refractivity contribution < 1.29 is 14.6 Å². The number of methoxy groups -OCH3 is 1. The predicted octanol–water partition coefficient (Wildman–Crippen LogP) is 3.67. The van der Waals surface area contributed by atoms with Crippen LogP contribution in [0.3, 0.4) is 0 Å². The highest BCUT2D eigenvalue weighted by Crippen LogP contribution is 2.40. The van der Waals surface area contributed by atoms with E-state index in [4.69, 9.17) is 9.47 Å². The van der Waals surface area contributed by atoms with E-state index < -0.39 is 0 Å². The number of nitrogens with zero attached hydrogens (tertiary/aromatic N) is 1. The van der Waals surface area contributed by atoms with Crippen molar-refractivity contribution >= 4 is 0 Å². The molecule has 3 aromatic rings. The molecule has 4 rings (SSSR count). The van der Waals surface area contributed by atoms with Crippen molar-refractivity contribution in [2.45, 2.75) is 26.5 Å². The molecule has 1 N–H and O–H groups in total. The fourth-order valence-corrected chi connectivity index (χ4v) is 3.58. The van der Waals surface area contributed by atoms with Crippen LogP contribution in [-0.4, -0.2) is 16.8 Å². The van der Waals surface area contributed by atoms with Gasteiger partial charge in [-0.25, -0.2) is 0 Å². The third kappa shape index (κ3) is 3.05. The highest BCUT2D eigenvalue weighted by atomic mass is 16.5. The lowest BCUT2D eigenvalue weighted by molar-refractivity contribution is 0.284. The summed E-state index contributed by atoms with van der Waals surface area (Å²) in [6.45, 7) is 2.85. The van der Waals surface area contributed by atoms with Crippen LogP contribution in [0.5, 0.6) is 17.2 Å². The number of hydrogen-bond acceptors (Lipinski definition) is 4. The molecule has 0 saturated heterocycles. The quantitative estimate of drug-likeness (QED) is 0.768. The second-order valence-corrected chi connectivity index (χ2v) is 6.68. The van der Waals surface area contributed by atoms with E-state index in [1.807, 2.05) is 49.4 Å². The Morgan fingerprint density at radius 1 is 1.11 bits per heavy atom. The van der Waals surface area contributed by atoms with Crippen molar-refractivity contribution in [3.05, 3.63) is 75.6 Å². The molecule has 27 heavy (non-hydrogen) atoms. The first-order valence-electron chi connectivity index (χ1n) is 8.90. The van der Waals surface area contributed by atoms with E-state index in [1.165, 1.54) is 6.07 Å². The molecule has 1 aliphatic rings. The topological polar surface area (TPSA) is 60.7 Å². The largest absolute Gasteiger partial charge is 0.507 e. The number of aryl methyl sites for hydroxylation is 1. The van der Waals surface area contributed by atoms with Gasteiger partial charge in [-0.15, -0.1) is 0 Å². The van der Waals surface area contributed by atoms with Crippen LogP contribution in [0.25, 0.3) is 11.3 Å². The molecule has 5 heteroatoms. The first-order valence-corrected chi connectivity index (χ1v) is 8.90. The van der Waals surface area contributed by atoms with E-state index in [1.54, 1.807) is 11.7 Å². The van der Waals surface area contributed by atoms with Gasteiger partial charge in [0.15, 0.2) is 11.5 Å². The van der Waals surface area contributed by atoms with Crippen LogP contribution in [0.4, 0.5) is 0 Å². The molecule has 1 aliphatic heterocycles. The molecule has 2 aromatic carbocycles. The van der Waals surface area contributed by atoms with E-state index in [0.717, 1.165) is 28.8 Å². The van der Waals surface area contributed by atoms with Crippen LogP contribution in [-0.2, 0) is 19.6 Å². The van der Waals surface area contributed by atoms with Crippen molar-refractivity contribution in [2.75, 3.05) is 7.11 Å². The SMILES string of the molecule is COc1cc2c(cc1OCc1ccccc1)CCn1c-2c(C)c(O)cc1=O. The van der Waals surface area contributed by atoms with Gasteiger partial charge in [-0.1, -0.05) is 30.3 Å². The number of benzene rings is 2. The summed E-state index contributed by atoms with van der Waals surface area (Å²) in [4.78, 5) is 12.3. The van der Waals surface area contributed by atoms with Gasteiger partial charge in [-0.2, -0.15) is 0 Å². The van der Waals surface area contributed by atoms with Gasteiger partial charge in [0.2, 0.25) is 0 Å². The Kier molecular flexibility index (Phi) is 4.36. The van der Waals surface area contributed by atoms with Crippen LogP contribution in [0, 0.1) is 6.92 Å². The Labute approximate surface area is 157 Å². The highest BCUT2D eigenvalue weighted by molar-refractivity contribution is 5.74. The second-order valence-electron chi connectivity index (χ2n) is 6.68. The molecule has 0 atom stereocenters. The summed E-state index contributed by atoms with van der Waals surface area (Å²) in [5.74, 6) is 1.30. The van der Waals surface area contributed by atoms with E-state index in [-0.39, 0.29) is 11.3 Å². The third-order valence-electron chi connectivity index (χ3n) is 5.02. The summed E-state index contributed by atoms with van der Waals surface area (Å²) in [7, 11) is 1.60. The molecule has 1 aromatic heterocycles. The summed E-state index contributed by atoms with van der Waals surface area (Å²) in [5, 5.41) is 10.1. The number of aromatic nitrogens is 1. The van der Waals surface area contributed by atoms with Gasteiger partial charge in [-0.3, -0.25) is 4.79 Å². The molecule has 138 valence electrons. The zero-order valence-electron chi connectivity index (χ0n) is 15.4. The highest BCUT2D eigenvalue weighted by Gasteiger charge is 2.23. The summed E-state index contributed by atoms with van der Waals surface area (Å²) >= 11 is 0. The zero-order chi connectivity index (χ0) is 19.0. The van der Waals surface area contributed by atoms with Gasteiger partial charge in [-0.05, 0) is 36.6 Å². The summed E-state index contributed by atoms with van der Waals surface area (Å²) in [5.41, 5.74) is 4.30. The molecule has 0 spiro atoms. The van der Waals surface area contributed by atoms with Gasteiger partial charge in [0.25, 0.3) is 5.56 Å². The van der Waals surface area contributed by atoms with Crippen LogP contribution < -0.4 is 15.0 Å². The Morgan fingerprint density at radius 3 is 2.63 bits per heavy atom. The Hall–Kier alpha value is -3.21. The maximum atomic E-state index is 12.3. The van der Waals surface area contributed by atoms with Crippen LogP contribution >= 0.6 is 0 Å². The van der Waals surface area contributed by atoms with Gasteiger partial charge < -0.3 is 19.1 Å². The van der Waals surface area contributed by atoms with Crippen molar-refractivity contribution in [1.82, 2.24) is 4.57 Å². The maximum absolute atomic E-state index is 12.3. The summed E-state index contributed by atoms with van der Waals surface area (Å²) in [6, 6.07) is 15.1. The Bertz CT molecular complexity index is 1050. The lowest BCUT2D eigenvalue weighted by atomic mass is 9.94. The first kappa shape index (κ1) is 17.2. The molecule has 0 unspecified atom stereocenters. The minimum Gasteiger partial charge on any atom is -0.507 e. The van der Waals surface area contributed by atoms with E-state index in [0.29, 0.717) is 30.2 Å². The minimum absolute atomic E-state index is 0.0162. The second kappa shape index (κ2) is 6.83. The number of rotatable bonds is 4. The number of pyridine rings is 1. The number of aromatic hydroxyl groups is 1. The van der Waals surface area contributed by atoms with Crippen molar-refractivity contribution in [3.8, 4) is 28.5 Å². The molecule has 0 radical (unpaired) electrons. The monoisotopic (exact) mass is 363 g/mol. The van der Waals surface area contributed by atoms with Crippen LogP contribution in [0.2, 0.25) is 0 Å². The van der Waals surface area contributed by atoms with Crippen molar-refractivity contribution in [1.29, 1.82) is 0 Å². The first-order chi connectivity index (χ1) is 13.1. The van der Waals surface area contributed by atoms with Crippen LogP contribution in [0.1, 0.15) is 16.7 Å². The standard InChI is InChI=1S/C22H21NO4/c1-14-18(24)12-21(25)23-9-8-16-10-20(19(26-2)11-17(16)22(14)23)27-13-15-6-4-3-5-7-15/h3-7,10-12,24H,8-9,13H2,1-2H3. The van der Waals surface area contributed by atoms with E-state index in [9.17, 15) is 9.90 Å². The third-order valence-corrected chi connectivity index (χ3v) is 5.02. The summed E-state index contributed by atoms with van der Waals surface area (Å²) < 4.78 is 13.3. The lowest BCUT2D eigenvalue weighted by Gasteiger charge is -2.25. The van der Waals surface area contributed by atoms with Gasteiger partial charge in [0.05, 0.1) is 12.8 Å². The molecular formula is C22H21NO4. The van der Waals surface area contributed by atoms with Crippen LogP contribution in [0.15, 0.2) is 53.3 Å². The Balaban J connectivity index is 1.77. The average molecular weight is 363 g/mol. The molecule has 0 aliphatic carbocycles. The van der Waals surface area contributed by atoms with E-state index in [2.05, 4.69) is 0 Å². The minimum atomic E-state index is -0.192. The smallest absolute Gasteiger partial charge is 0.254 e. The molecule has 0 amide bonds. The van der Waals surface area contributed by atoms with Crippen molar-refractivity contribution in [2.24, 2.45) is 0 Å². The fraction of sp³-hybridized carbons (Fsp3) is 0.227. The Morgan fingerprint density at radius 2 is 1.89 bits per heavy atom. The van der Waals surface area contributed by atoms with Gasteiger partial charge >= 0.3 is 0 Å². The maximum Gasteiger partial charge on any atom is 0.254 e. The van der Waals surface area contributed by atoms with Gasteiger partial charge in [0, 0.05) is 23.7 Å². The number of fused-ring (bicyclic) bond motifs is 3. The molecule has 0 bridgehead atoms. The summed E-state index contributed by atoms with van der Waals surface area (Å²) in [6.07, 6.45) is 0.720. The van der Waals surface area contributed by atoms with Crippen molar-refractivity contribution in [3.63, 3.8) is 0 Å². The predicted molar refractivity (Wildman–Crippen MR) is 104 cm³/mol. The normalized spacial score (nSPS) is 12.2. The fourth-order valence-electron chi connectivity index (χ4n) is 3.58.